The number of hydrogen-bond acceptors (Lipinski definition) is 5. The van der Waals surface area contributed by atoms with Crippen LogP contribution in [0.3, 0.4) is 0 Å². The molecule has 222 valence electrons. The maximum atomic E-state index is 13.0. The van der Waals surface area contributed by atoms with E-state index in [9.17, 15) is 21.6 Å². The Kier molecular flexibility index (Phi) is 8.51. The maximum Gasteiger partial charge on any atom is 0.250 e. The SMILES string of the molecule is CCS(=O)(=O)N1CCC(c2c[nH]c3c(C(N)=O)cc(-c4cccc(CNS(=O)(=O)c5c(C)cccc5Cl)c4)cc23)CC1. The highest BCUT2D eigenvalue weighted by molar-refractivity contribution is 7.89. The molecule has 42 heavy (non-hydrogen) atoms. The van der Waals surface area contributed by atoms with Gasteiger partial charge >= 0.3 is 0 Å². The molecule has 1 fully saturated rings. The summed E-state index contributed by atoms with van der Waals surface area (Å²) >= 11 is 6.19. The Morgan fingerprint density at radius 2 is 1.76 bits per heavy atom. The Morgan fingerprint density at radius 1 is 1.05 bits per heavy atom. The zero-order chi connectivity index (χ0) is 30.2. The van der Waals surface area contributed by atoms with Crippen LogP contribution in [0.5, 0.6) is 0 Å². The number of piperidine rings is 1. The first-order valence-electron chi connectivity index (χ1n) is 13.7. The summed E-state index contributed by atoms with van der Waals surface area (Å²) in [6, 6.07) is 16.1. The van der Waals surface area contributed by atoms with Crippen molar-refractivity contribution in [2.45, 2.75) is 44.0 Å². The van der Waals surface area contributed by atoms with Crippen LogP contribution < -0.4 is 10.5 Å². The van der Waals surface area contributed by atoms with Crippen LogP contribution in [0.2, 0.25) is 5.02 Å². The number of amides is 1. The van der Waals surface area contributed by atoms with E-state index in [0.717, 1.165) is 27.6 Å². The highest BCUT2D eigenvalue weighted by Crippen LogP contribution is 2.37. The summed E-state index contributed by atoms with van der Waals surface area (Å²) in [5.74, 6) is -0.374. The molecule has 9 nitrogen and oxygen atoms in total. The molecule has 0 saturated carbocycles. The third-order valence-corrected chi connectivity index (χ3v) is 11.8. The highest BCUT2D eigenvalue weighted by Gasteiger charge is 2.29. The van der Waals surface area contributed by atoms with Gasteiger partial charge in [0.2, 0.25) is 20.0 Å². The quantitative estimate of drug-likeness (QED) is 0.242. The van der Waals surface area contributed by atoms with Crippen molar-refractivity contribution in [3.05, 3.63) is 88.1 Å². The highest BCUT2D eigenvalue weighted by atomic mass is 35.5. The Balaban J connectivity index is 1.44. The molecular formula is C30H33ClN4O5S2. The molecule has 4 aromatic rings. The lowest BCUT2D eigenvalue weighted by atomic mass is 9.88. The van der Waals surface area contributed by atoms with Gasteiger partial charge in [-0.2, -0.15) is 0 Å². The summed E-state index contributed by atoms with van der Waals surface area (Å²) in [5.41, 5.74) is 10.6. The van der Waals surface area contributed by atoms with Crippen molar-refractivity contribution in [1.29, 1.82) is 0 Å². The van der Waals surface area contributed by atoms with E-state index >= 15 is 0 Å². The van der Waals surface area contributed by atoms with Gasteiger partial charge in [-0.25, -0.2) is 25.9 Å². The van der Waals surface area contributed by atoms with Crippen LogP contribution in [0.1, 0.15) is 52.7 Å². The smallest absolute Gasteiger partial charge is 0.250 e. The molecule has 4 N–H and O–H groups in total. The molecule has 1 saturated heterocycles. The van der Waals surface area contributed by atoms with Crippen molar-refractivity contribution in [1.82, 2.24) is 14.0 Å². The van der Waals surface area contributed by atoms with Gasteiger partial charge in [-0.15, -0.1) is 0 Å². The van der Waals surface area contributed by atoms with Crippen molar-refractivity contribution in [2.75, 3.05) is 18.8 Å². The number of nitrogens with zero attached hydrogens (tertiary/aromatic N) is 1. The Morgan fingerprint density at radius 3 is 2.43 bits per heavy atom. The van der Waals surface area contributed by atoms with Gasteiger partial charge < -0.3 is 10.7 Å². The molecule has 3 aromatic carbocycles. The fraction of sp³-hybridized carbons (Fsp3) is 0.300. The number of hydrogen-bond donors (Lipinski definition) is 3. The predicted octanol–water partition coefficient (Wildman–Crippen LogP) is 4.90. The van der Waals surface area contributed by atoms with E-state index in [1.54, 1.807) is 42.4 Å². The number of carbonyl (C=O) groups is 1. The molecule has 1 amide bonds. The molecule has 1 aliphatic heterocycles. The molecule has 0 bridgehead atoms. The third-order valence-electron chi connectivity index (χ3n) is 7.90. The summed E-state index contributed by atoms with van der Waals surface area (Å²) in [6.45, 7) is 4.28. The molecule has 1 aromatic heterocycles. The van der Waals surface area contributed by atoms with Crippen LogP contribution >= 0.6 is 11.6 Å². The number of rotatable bonds is 9. The zero-order valence-electron chi connectivity index (χ0n) is 23.4. The lowest BCUT2D eigenvalue weighted by Gasteiger charge is -2.31. The second kappa shape index (κ2) is 11.8. The molecule has 5 rings (SSSR count). The predicted molar refractivity (Wildman–Crippen MR) is 165 cm³/mol. The van der Waals surface area contributed by atoms with Gasteiger partial charge in [0.1, 0.15) is 4.90 Å². The number of benzene rings is 3. The number of nitrogens with two attached hydrogens (primary N) is 1. The van der Waals surface area contributed by atoms with Gasteiger partial charge in [0.05, 0.1) is 21.9 Å². The average Bonchev–Trinajstić information content (AvgIpc) is 3.39. The van der Waals surface area contributed by atoms with Crippen LogP contribution in [-0.2, 0) is 26.6 Å². The molecule has 0 atom stereocenters. The average molecular weight is 629 g/mol. The zero-order valence-corrected chi connectivity index (χ0v) is 25.7. The Bertz CT molecular complexity index is 1860. The topological polar surface area (TPSA) is 142 Å². The van der Waals surface area contributed by atoms with Crippen molar-refractivity contribution >= 4 is 48.5 Å². The molecule has 0 radical (unpaired) electrons. The number of carbonyl (C=O) groups excluding carboxylic acids is 1. The molecule has 0 aliphatic carbocycles. The number of aromatic nitrogens is 1. The van der Waals surface area contributed by atoms with Crippen molar-refractivity contribution in [2.24, 2.45) is 5.73 Å². The molecule has 1 aliphatic rings. The lowest BCUT2D eigenvalue weighted by Crippen LogP contribution is -2.38. The van der Waals surface area contributed by atoms with E-state index in [2.05, 4.69) is 9.71 Å². The molecule has 12 heteroatoms. The number of H-pyrrole nitrogens is 1. The summed E-state index contributed by atoms with van der Waals surface area (Å²) in [7, 11) is -7.10. The monoisotopic (exact) mass is 628 g/mol. The Labute approximate surface area is 251 Å². The molecule has 0 spiro atoms. The van der Waals surface area contributed by atoms with E-state index in [-0.39, 0.29) is 28.1 Å². The number of sulfonamides is 2. The van der Waals surface area contributed by atoms with E-state index in [1.165, 1.54) is 0 Å². The number of aryl methyl sites for hydroxylation is 1. The van der Waals surface area contributed by atoms with Gasteiger partial charge in [-0.3, -0.25) is 4.79 Å². The maximum absolute atomic E-state index is 13.0. The first-order chi connectivity index (χ1) is 19.9. The fourth-order valence-electron chi connectivity index (χ4n) is 5.65. The van der Waals surface area contributed by atoms with Crippen LogP contribution in [0, 0.1) is 6.92 Å². The first-order valence-corrected chi connectivity index (χ1v) is 17.1. The summed E-state index contributed by atoms with van der Waals surface area (Å²) in [4.78, 5) is 15.8. The normalized spacial score (nSPS) is 15.3. The van der Waals surface area contributed by atoms with E-state index in [1.807, 2.05) is 36.5 Å². The lowest BCUT2D eigenvalue weighted by molar-refractivity contribution is 0.100. The summed E-state index contributed by atoms with van der Waals surface area (Å²) in [5, 5.41) is 1.02. The second-order valence-corrected chi connectivity index (χ2v) is 14.9. The molecular weight excluding hydrogens is 596 g/mol. The van der Waals surface area contributed by atoms with Crippen LogP contribution in [0.25, 0.3) is 22.0 Å². The van der Waals surface area contributed by atoms with E-state index in [0.29, 0.717) is 42.6 Å². The van der Waals surface area contributed by atoms with Crippen molar-refractivity contribution in [3.8, 4) is 11.1 Å². The molecule has 0 unspecified atom stereocenters. The minimum atomic E-state index is -3.86. The minimum Gasteiger partial charge on any atom is -0.366 e. The number of nitrogens with one attached hydrogen (secondary N) is 2. The first kappa shape index (κ1) is 30.2. The largest absolute Gasteiger partial charge is 0.366 e. The molecule has 2 heterocycles. The van der Waals surface area contributed by atoms with Gasteiger partial charge in [-0.1, -0.05) is 41.9 Å². The number of halogens is 1. The van der Waals surface area contributed by atoms with Crippen LogP contribution in [0.4, 0.5) is 0 Å². The van der Waals surface area contributed by atoms with Gasteiger partial charge in [-0.05, 0) is 84.7 Å². The van der Waals surface area contributed by atoms with Gasteiger partial charge in [0.15, 0.2) is 0 Å². The second-order valence-electron chi connectivity index (χ2n) is 10.5. The van der Waals surface area contributed by atoms with E-state index in [4.69, 9.17) is 17.3 Å². The number of primary amides is 1. The third kappa shape index (κ3) is 5.97. The van der Waals surface area contributed by atoms with Crippen LogP contribution in [0.15, 0.2) is 65.7 Å². The summed E-state index contributed by atoms with van der Waals surface area (Å²) < 4.78 is 54.9. The van der Waals surface area contributed by atoms with E-state index < -0.39 is 26.0 Å². The fourth-order valence-corrected chi connectivity index (χ4v) is 8.62. The van der Waals surface area contributed by atoms with Crippen molar-refractivity contribution in [3.63, 3.8) is 0 Å². The standard InChI is InChI=1S/C30H33ClN4O5S2/c1-3-41(37,38)35-12-10-21(11-13-35)26-18-33-28-24(26)15-23(16-25(28)30(32)36)22-8-5-7-20(14-22)17-34-42(39,40)29-19(2)6-4-9-27(29)31/h4-9,14-16,18,21,33-34H,3,10-13,17H2,1-2H3,(H2,32,36). The number of aromatic amines is 1. The minimum absolute atomic E-state index is 0.0421. The van der Waals surface area contributed by atoms with Crippen LogP contribution in [-0.4, -0.2) is 50.9 Å². The summed E-state index contributed by atoms with van der Waals surface area (Å²) in [6.07, 6.45) is 3.23. The Hall–Kier alpha value is -3.22. The van der Waals surface area contributed by atoms with Gasteiger partial charge in [0, 0.05) is 31.2 Å². The van der Waals surface area contributed by atoms with Crippen molar-refractivity contribution < 1.29 is 21.6 Å². The number of fused-ring (bicyclic) bond motifs is 1. The van der Waals surface area contributed by atoms with Gasteiger partial charge in [0.25, 0.3) is 5.91 Å².